The van der Waals surface area contributed by atoms with Crippen LogP contribution in [0.2, 0.25) is 5.02 Å². The summed E-state index contributed by atoms with van der Waals surface area (Å²) in [5, 5.41) is 3.38. The largest absolute Gasteiger partial charge is 0.324 e. The zero-order valence-corrected chi connectivity index (χ0v) is 12.8. The number of aryl methyl sites for hydroxylation is 1. The molecule has 0 radical (unpaired) electrons. The van der Waals surface area contributed by atoms with Crippen LogP contribution >= 0.6 is 23.4 Å². The number of hydrogen-bond acceptors (Lipinski definition) is 2. The second-order valence-electron chi connectivity index (χ2n) is 4.51. The first-order chi connectivity index (χ1) is 9.65. The second kappa shape index (κ2) is 7.36. The van der Waals surface area contributed by atoms with Crippen LogP contribution < -0.4 is 5.32 Å². The Kier molecular flexibility index (Phi) is 5.50. The zero-order valence-electron chi connectivity index (χ0n) is 11.2. The Morgan fingerprint density at radius 2 is 2.00 bits per heavy atom. The summed E-state index contributed by atoms with van der Waals surface area (Å²) in [6, 6.07) is 15.6. The molecule has 0 heterocycles. The molecule has 4 heteroatoms. The van der Waals surface area contributed by atoms with Crippen LogP contribution in [0.5, 0.6) is 0 Å². The predicted octanol–water partition coefficient (Wildman–Crippen LogP) is 4.52. The molecule has 0 unspecified atom stereocenters. The van der Waals surface area contributed by atoms with Gasteiger partial charge in [0.15, 0.2) is 0 Å². The second-order valence-corrected chi connectivity index (χ2v) is 5.90. The molecular formula is C16H16ClNOS. The molecule has 20 heavy (non-hydrogen) atoms. The highest BCUT2D eigenvalue weighted by Gasteiger charge is 2.05. The van der Waals surface area contributed by atoms with E-state index >= 15 is 0 Å². The molecule has 0 bridgehead atoms. The molecule has 104 valence electrons. The summed E-state index contributed by atoms with van der Waals surface area (Å²) in [7, 11) is 0. The van der Waals surface area contributed by atoms with Gasteiger partial charge in [0.05, 0.1) is 16.5 Å². The molecule has 1 amide bonds. The van der Waals surface area contributed by atoms with E-state index in [9.17, 15) is 4.79 Å². The van der Waals surface area contributed by atoms with Gasteiger partial charge in [0.25, 0.3) is 0 Å². The van der Waals surface area contributed by atoms with Gasteiger partial charge in [-0.05, 0) is 24.6 Å². The third kappa shape index (κ3) is 4.58. The normalized spacial score (nSPS) is 10.3. The van der Waals surface area contributed by atoms with Gasteiger partial charge in [-0.2, -0.15) is 0 Å². The number of benzene rings is 2. The molecule has 2 aromatic carbocycles. The third-order valence-electron chi connectivity index (χ3n) is 2.73. The molecule has 0 aromatic heterocycles. The van der Waals surface area contributed by atoms with E-state index < -0.39 is 0 Å². The summed E-state index contributed by atoms with van der Waals surface area (Å²) in [6.45, 7) is 2.07. The molecule has 0 saturated carbocycles. The maximum atomic E-state index is 11.8. The summed E-state index contributed by atoms with van der Waals surface area (Å²) in [5.74, 6) is 1.22. The van der Waals surface area contributed by atoms with Crippen LogP contribution in [0.1, 0.15) is 11.1 Å². The molecule has 0 saturated heterocycles. The van der Waals surface area contributed by atoms with Crippen molar-refractivity contribution in [3.8, 4) is 0 Å². The Labute approximate surface area is 128 Å². The Bertz CT molecular complexity index is 601. The molecule has 0 spiro atoms. The van der Waals surface area contributed by atoms with Crippen molar-refractivity contribution in [2.45, 2.75) is 12.7 Å². The SMILES string of the molecule is Cc1cccc(CSCC(=O)Nc2ccccc2Cl)c1. The molecule has 1 N–H and O–H groups in total. The molecule has 0 aliphatic heterocycles. The first kappa shape index (κ1) is 14.9. The highest BCUT2D eigenvalue weighted by atomic mass is 35.5. The van der Waals surface area contributed by atoms with Crippen molar-refractivity contribution in [3.05, 3.63) is 64.7 Å². The standard InChI is InChI=1S/C16H16ClNOS/c1-12-5-4-6-13(9-12)10-20-11-16(19)18-15-8-3-2-7-14(15)17/h2-9H,10-11H2,1H3,(H,18,19). The zero-order chi connectivity index (χ0) is 14.4. The van der Waals surface area contributed by atoms with Crippen molar-refractivity contribution in [1.29, 1.82) is 0 Å². The lowest BCUT2D eigenvalue weighted by molar-refractivity contribution is -0.113. The van der Waals surface area contributed by atoms with Gasteiger partial charge in [-0.3, -0.25) is 4.79 Å². The van der Waals surface area contributed by atoms with Gasteiger partial charge in [-0.25, -0.2) is 0 Å². The van der Waals surface area contributed by atoms with Gasteiger partial charge in [0, 0.05) is 5.75 Å². The van der Waals surface area contributed by atoms with Crippen LogP contribution in [0, 0.1) is 6.92 Å². The number of thioether (sulfide) groups is 1. The lowest BCUT2D eigenvalue weighted by atomic mass is 10.2. The van der Waals surface area contributed by atoms with Crippen molar-refractivity contribution in [1.82, 2.24) is 0 Å². The number of hydrogen-bond donors (Lipinski definition) is 1. The maximum absolute atomic E-state index is 11.8. The maximum Gasteiger partial charge on any atom is 0.234 e. The van der Waals surface area contributed by atoms with Gasteiger partial charge in [0.2, 0.25) is 5.91 Å². The average molecular weight is 306 g/mol. The predicted molar refractivity (Wildman–Crippen MR) is 87.4 cm³/mol. The lowest BCUT2D eigenvalue weighted by Crippen LogP contribution is -2.14. The number of amides is 1. The minimum absolute atomic E-state index is 0.0317. The first-order valence-electron chi connectivity index (χ1n) is 6.33. The quantitative estimate of drug-likeness (QED) is 0.880. The van der Waals surface area contributed by atoms with Crippen molar-refractivity contribution in [3.63, 3.8) is 0 Å². The lowest BCUT2D eigenvalue weighted by Gasteiger charge is -2.07. The monoisotopic (exact) mass is 305 g/mol. The molecule has 0 aliphatic rings. The van der Waals surface area contributed by atoms with E-state index in [2.05, 4.69) is 30.4 Å². The van der Waals surface area contributed by atoms with Gasteiger partial charge < -0.3 is 5.32 Å². The first-order valence-corrected chi connectivity index (χ1v) is 7.86. The Morgan fingerprint density at radius 1 is 1.20 bits per heavy atom. The number of carbonyl (C=O) groups excluding carboxylic acids is 1. The molecule has 0 aliphatic carbocycles. The fourth-order valence-electron chi connectivity index (χ4n) is 1.81. The third-order valence-corrected chi connectivity index (χ3v) is 4.07. The van der Waals surface area contributed by atoms with E-state index in [4.69, 9.17) is 11.6 Å². The average Bonchev–Trinajstić information content (AvgIpc) is 2.41. The number of nitrogens with one attached hydrogen (secondary N) is 1. The topological polar surface area (TPSA) is 29.1 Å². The smallest absolute Gasteiger partial charge is 0.234 e. The summed E-state index contributed by atoms with van der Waals surface area (Å²) in [5.41, 5.74) is 3.14. The fraction of sp³-hybridized carbons (Fsp3) is 0.188. The number of para-hydroxylation sites is 1. The van der Waals surface area contributed by atoms with Gasteiger partial charge in [-0.1, -0.05) is 53.6 Å². The minimum atomic E-state index is -0.0317. The summed E-state index contributed by atoms with van der Waals surface area (Å²) >= 11 is 7.59. The van der Waals surface area contributed by atoms with Crippen molar-refractivity contribution in [2.75, 3.05) is 11.1 Å². The van der Waals surface area contributed by atoms with Crippen molar-refractivity contribution < 1.29 is 4.79 Å². The molecule has 2 nitrogen and oxygen atoms in total. The fourth-order valence-corrected chi connectivity index (χ4v) is 2.77. The summed E-state index contributed by atoms with van der Waals surface area (Å²) in [6.07, 6.45) is 0. The van der Waals surface area contributed by atoms with Gasteiger partial charge >= 0.3 is 0 Å². The van der Waals surface area contributed by atoms with E-state index in [1.165, 1.54) is 11.1 Å². The van der Waals surface area contributed by atoms with Crippen LogP contribution in [0.4, 0.5) is 5.69 Å². The Morgan fingerprint density at radius 3 is 2.75 bits per heavy atom. The van der Waals surface area contributed by atoms with Crippen molar-refractivity contribution >= 4 is 35.0 Å². The number of rotatable bonds is 5. The minimum Gasteiger partial charge on any atom is -0.324 e. The van der Waals surface area contributed by atoms with Crippen LogP contribution in [0.15, 0.2) is 48.5 Å². The molecular weight excluding hydrogens is 290 g/mol. The summed E-state index contributed by atoms with van der Waals surface area (Å²) in [4.78, 5) is 11.8. The Balaban J connectivity index is 1.80. The van der Waals surface area contributed by atoms with E-state index in [1.807, 2.05) is 18.2 Å². The van der Waals surface area contributed by atoms with Crippen molar-refractivity contribution in [2.24, 2.45) is 0 Å². The van der Waals surface area contributed by atoms with E-state index in [1.54, 1.807) is 23.9 Å². The number of anilines is 1. The Hall–Kier alpha value is -1.45. The highest BCUT2D eigenvalue weighted by molar-refractivity contribution is 7.99. The van der Waals surface area contributed by atoms with Crippen LogP contribution in [-0.4, -0.2) is 11.7 Å². The van der Waals surface area contributed by atoms with Crippen LogP contribution in [0.25, 0.3) is 0 Å². The van der Waals surface area contributed by atoms with E-state index in [-0.39, 0.29) is 5.91 Å². The number of carbonyl (C=O) groups is 1. The van der Waals surface area contributed by atoms with E-state index in [0.717, 1.165) is 5.75 Å². The molecule has 0 atom stereocenters. The summed E-state index contributed by atoms with van der Waals surface area (Å²) < 4.78 is 0. The molecule has 0 fully saturated rings. The molecule has 2 rings (SSSR count). The van der Waals surface area contributed by atoms with Crippen LogP contribution in [-0.2, 0) is 10.5 Å². The van der Waals surface area contributed by atoms with E-state index in [0.29, 0.717) is 16.5 Å². The van der Waals surface area contributed by atoms with Crippen LogP contribution in [0.3, 0.4) is 0 Å². The molecule has 2 aromatic rings. The highest BCUT2D eigenvalue weighted by Crippen LogP contribution is 2.21. The van der Waals surface area contributed by atoms with Gasteiger partial charge in [-0.15, -0.1) is 11.8 Å². The number of halogens is 1. The van der Waals surface area contributed by atoms with Gasteiger partial charge in [0.1, 0.15) is 0 Å².